The molecule has 1 heterocycles. The zero-order chi connectivity index (χ0) is 16.6. The van der Waals surface area contributed by atoms with Crippen LogP contribution in [0.4, 0.5) is 11.4 Å². The number of benzene rings is 1. The van der Waals surface area contributed by atoms with E-state index in [4.69, 9.17) is 4.74 Å². The highest BCUT2D eigenvalue weighted by Gasteiger charge is 2.31. The second-order valence-electron chi connectivity index (χ2n) is 7.46. The Morgan fingerprint density at radius 3 is 2.74 bits per heavy atom. The zero-order valence-corrected chi connectivity index (χ0v) is 14.7. The van der Waals surface area contributed by atoms with Crippen molar-refractivity contribution in [1.29, 1.82) is 0 Å². The summed E-state index contributed by atoms with van der Waals surface area (Å²) in [4.78, 5) is 14.2. The fraction of sp³-hybridized carbons (Fsp3) is 0.632. The molecule has 1 aromatic carbocycles. The number of nitrogens with zero attached hydrogens (tertiary/aromatic N) is 1. The molecule has 1 N–H and O–H groups in total. The number of hydrogen-bond donors (Lipinski definition) is 1. The number of anilines is 2. The molecule has 23 heavy (non-hydrogen) atoms. The average Bonchev–Trinajstić information content (AvgIpc) is 3.34. The van der Waals surface area contributed by atoms with Crippen LogP contribution in [0.5, 0.6) is 0 Å². The third kappa shape index (κ3) is 3.52. The molecule has 0 radical (unpaired) electrons. The van der Waals surface area contributed by atoms with Crippen LogP contribution in [0.15, 0.2) is 18.2 Å². The van der Waals surface area contributed by atoms with Crippen LogP contribution in [0.2, 0.25) is 0 Å². The monoisotopic (exact) mass is 316 g/mol. The Kier molecular flexibility index (Phi) is 4.37. The summed E-state index contributed by atoms with van der Waals surface area (Å²) in [6, 6.07) is 6.57. The molecule has 126 valence electrons. The number of ether oxygens (including phenoxy) is 1. The van der Waals surface area contributed by atoms with Crippen molar-refractivity contribution in [3.05, 3.63) is 23.8 Å². The summed E-state index contributed by atoms with van der Waals surface area (Å²) in [6.07, 6.45) is 4.00. The number of methoxy groups -OCH3 is 1. The van der Waals surface area contributed by atoms with Crippen molar-refractivity contribution >= 4 is 17.3 Å². The predicted octanol–water partition coefficient (Wildman–Crippen LogP) is 3.60. The maximum Gasteiger partial charge on any atom is 0.227 e. The summed E-state index contributed by atoms with van der Waals surface area (Å²) >= 11 is 0. The van der Waals surface area contributed by atoms with Crippen molar-refractivity contribution in [1.82, 2.24) is 0 Å². The fourth-order valence-corrected chi connectivity index (χ4v) is 3.01. The van der Waals surface area contributed by atoms with Crippen molar-refractivity contribution in [2.45, 2.75) is 58.1 Å². The van der Waals surface area contributed by atoms with Gasteiger partial charge in [0.2, 0.25) is 5.91 Å². The van der Waals surface area contributed by atoms with E-state index in [2.05, 4.69) is 44.3 Å². The summed E-state index contributed by atoms with van der Waals surface area (Å²) in [5.74, 6) is 0.990. The van der Waals surface area contributed by atoms with Crippen LogP contribution in [0.25, 0.3) is 0 Å². The Labute approximate surface area is 139 Å². The first-order chi connectivity index (χ1) is 10.9. The highest BCUT2D eigenvalue weighted by atomic mass is 16.5. The molecule has 1 fully saturated rings. The number of fused-ring (bicyclic) bond motifs is 1. The third-order valence-electron chi connectivity index (χ3n) is 5.37. The quantitative estimate of drug-likeness (QED) is 0.872. The van der Waals surface area contributed by atoms with Gasteiger partial charge in [0.15, 0.2) is 0 Å². The molecule has 2 aliphatic rings. The Balaban J connectivity index is 1.77. The van der Waals surface area contributed by atoms with E-state index < -0.39 is 0 Å². The Bertz CT molecular complexity index is 593. The van der Waals surface area contributed by atoms with Gasteiger partial charge in [-0.15, -0.1) is 0 Å². The molecule has 1 atom stereocenters. The van der Waals surface area contributed by atoms with Crippen LogP contribution in [0.3, 0.4) is 0 Å². The minimum absolute atomic E-state index is 0.193. The summed E-state index contributed by atoms with van der Waals surface area (Å²) in [6.45, 7) is 7.19. The summed E-state index contributed by atoms with van der Waals surface area (Å²) < 4.78 is 5.55. The molecule has 0 saturated heterocycles. The molecular weight excluding hydrogens is 288 g/mol. The van der Waals surface area contributed by atoms with Gasteiger partial charge in [-0.1, -0.05) is 0 Å². The van der Waals surface area contributed by atoms with E-state index in [0.717, 1.165) is 24.3 Å². The van der Waals surface area contributed by atoms with Gasteiger partial charge in [-0.2, -0.15) is 0 Å². The largest absolute Gasteiger partial charge is 0.380 e. The number of aryl methyl sites for hydroxylation is 1. The van der Waals surface area contributed by atoms with E-state index in [9.17, 15) is 4.79 Å². The summed E-state index contributed by atoms with van der Waals surface area (Å²) in [5.41, 5.74) is 3.25. The van der Waals surface area contributed by atoms with E-state index >= 15 is 0 Å². The molecule has 1 aliphatic heterocycles. The highest BCUT2D eigenvalue weighted by molar-refractivity contribution is 5.96. The second kappa shape index (κ2) is 6.16. The van der Waals surface area contributed by atoms with Gasteiger partial charge in [-0.3, -0.25) is 4.79 Å². The minimum atomic E-state index is -0.232. The lowest BCUT2D eigenvalue weighted by Gasteiger charge is -2.33. The number of rotatable bonds is 6. The van der Waals surface area contributed by atoms with Crippen molar-refractivity contribution in [3.63, 3.8) is 0 Å². The molecule has 1 aromatic rings. The van der Waals surface area contributed by atoms with Gasteiger partial charge in [0.05, 0.1) is 11.6 Å². The second-order valence-corrected chi connectivity index (χ2v) is 7.46. The van der Waals surface area contributed by atoms with Crippen molar-refractivity contribution in [2.24, 2.45) is 5.92 Å². The van der Waals surface area contributed by atoms with Crippen LogP contribution in [-0.2, 0) is 16.0 Å². The minimum Gasteiger partial charge on any atom is -0.380 e. The Hall–Kier alpha value is -1.55. The van der Waals surface area contributed by atoms with Gasteiger partial charge >= 0.3 is 0 Å². The zero-order valence-electron chi connectivity index (χ0n) is 14.7. The van der Waals surface area contributed by atoms with Gasteiger partial charge in [-0.05, 0) is 69.7 Å². The highest BCUT2D eigenvalue weighted by Crippen LogP contribution is 2.36. The first-order valence-corrected chi connectivity index (χ1v) is 8.65. The number of carbonyl (C=O) groups excluding carboxylic acids is 1. The van der Waals surface area contributed by atoms with Crippen LogP contribution >= 0.6 is 0 Å². The van der Waals surface area contributed by atoms with E-state index in [-0.39, 0.29) is 17.6 Å². The molecule has 4 heteroatoms. The first kappa shape index (κ1) is 16.3. The van der Waals surface area contributed by atoms with Crippen LogP contribution in [0.1, 0.15) is 45.6 Å². The van der Waals surface area contributed by atoms with Gasteiger partial charge in [0, 0.05) is 31.5 Å². The SMILES string of the molecule is COC(C)(C)C(C)Nc1ccc2c(c1)CCC(=O)N2CC1CC1. The number of nitrogens with one attached hydrogen (secondary N) is 1. The Morgan fingerprint density at radius 2 is 2.09 bits per heavy atom. The van der Waals surface area contributed by atoms with Crippen molar-refractivity contribution in [2.75, 3.05) is 23.9 Å². The molecule has 1 amide bonds. The smallest absolute Gasteiger partial charge is 0.227 e. The van der Waals surface area contributed by atoms with Gasteiger partial charge in [0.25, 0.3) is 0 Å². The molecule has 1 unspecified atom stereocenters. The standard InChI is InChI=1S/C19H28N2O2/c1-13(19(2,3)23-4)20-16-8-9-17-15(11-16)7-10-18(22)21(17)12-14-5-6-14/h8-9,11,13-14,20H,5-7,10,12H2,1-4H3. The predicted molar refractivity (Wildman–Crippen MR) is 94.0 cm³/mol. The van der Waals surface area contributed by atoms with E-state index in [0.29, 0.717) is 12.3 Å². The molecule has 4 nitrogen and oxygen atoms in total. The summed E-state index contributed by atoms with van der Waals surface area (Å²) in [5, 5.41) is 3.53. The van der Waals surface area contributed by atoms with Crippen LogP contribution in [-0.4, -0.2) is 31.2 Å². The molecule has 3 rings (SSSR count). The Morgan fingerprint density at radius 1 is 1.35 bits per heavy atom. The van der Waals surface area contributed by atoms with E-state index in [1.54, 1.807) is 7.11 Å². The third-order valence-corrected chi connectivity index (χ3v) is 5.37. The molecule has 0 spiro atoms. The number of amides is 1. The van der Waals surface area contributed by atoms with Gasteiger partial charge < -0.3 is 15.0 Å². The molecule has 0 bridgehead atoms. The molecule has 0 aromatic heterocycles. The number of hydrogen-bond acceptors (Lipinski definition) is 3. The van der Waals surface area contributed by atoms with E-state index in [1.807, 2.05) is 4.90 Å². The lowest BCUT2D eigenvalue weighted by Crippen LogP contribution is -2.41. The average molecular weight is 316 g/mol. The summed E-state index contributed by atoms with van der Waals surface area (Å²) in [7, 11) is 1.74. The molecule has 1 saturated carbocycles. The maximum atomic E-state index is 12.2. The van der Waals surface area contributed by atoms with E-state index in [1.165, 1.54) is 18.4 Å². The lowest BCUT2D eigenvalue weighted by atomic mass is 9.97. The van der Waals surface area contributed by atoms with Crippen LogP contribution in [0, 0.1) is 5.92 Å². The fourth-order valence-electron chi connectivity index (χ4n) is 3.01. The van der Waals surface area contributed by atoms with Gasteiger partial charge in [-0.25, -0.2) is 0 Å². The lowest BCUT2D eigenvalue weighted by molar-refractivity contribution is -0.118. The molecule has 1 aliphatic carbocycles. The van der Waals surface area contributed by atoms with Crippen molar-refractivity contribution < 1.29 is 9.53 Å². The normalized spacial score (nSPS) is 19.5. The van der Waals surface area contributed by atoms with Crippen molar-refractivity contribution in [3.8, 4) is 0 Å². The first-order valence-electron chi connectivity index (χ1n) is 8.65. The van der Waals surface area contributed by atoms with Gasteiger partial charge in [0.1, 0.15) is 0 Å². The topological polar surface area (TPSA) is 41.6 Å². The molecular formula is C19H28N2O2. The maximum absolute atomic E-state index is 12.2. The van der Waals surface area contributed by atoms with Crippen LogP contribution < -0.4 is 10.2 Å². The number of carbonyl (C=O) groups is 1.